The van der Waals surface area contributed by atoms with E-state index in [4.69, 9.17) is 14.2 Å². The fraction of sp³-hybridized carbons (Fsp3) is 0.491. The van der Waals surface area contributed by atoms with Gasteiger partial charge in [-0.25, -0.2) is 0 Å². The minimum Gasteiger partial charge on any atom is -0.462 e. The molecule has 0 amide bonds. The molecule has 0 saturated heterocycles. The summed E-state index contributed by atoms with van der Waals surface area (Å²) in [4.78, 5) is 37.7. The largest absolute Gasteiger partial charge is 0.462 e. The van der Waals surface area contributed by atoms with Crippen LogP contribution in [0.4, 0.5) is 0 Å². The molecule has 0 N–H and O–H groups in total. The zero-order valence-electron chi connectivity index (χ0n) is 36.9. The topological polar surface area (TPSA) is 78.9 Å². The molecule has 0 bridgehead atoms. The van der Waals surface area contributed by atoms with E-state index in [2.05, 4.69) is 118 Å². The van der Waals surface area contributed by atoms with Crippen LogP contribution in [0.25, 0.3) is 0 Å². The highest BCUT2D eigenvalue weighted by Crippen LogP contribution is 2.10. The van der Waals surface area contributed by atoms with Gasteiger partial charge in [0.05, 0.1) is 0 Å². The first kappa shape index (κ1) is 54.3. The van der Waals surface area contributed by atoms with E-state index < -0.39 is 6.10 Å². The molecule has 0 spiro atoms. The smallest absolute Gasteiger partial charge is 0.306 e. The van der Waals surface area contributed by atoms with Gasteiger partial charge in [-0.05, 0) is 103 Å². The van der Waals surface area contributed by atoms with E-state index in [9.17, 15) is 14.4 Å². The van der Waals surface area contributed by atoms with E-state index in [1.807, 2.05) is 48.6 Å². The second kappa shape index (κ2) is 46.0. The molecule has 0 rings (SSSR count). The first-order chi connectivity index (χ1) is 29.0. The van der Waals surface area contributed by atoms with E-state index >= 15 is 0 Å². The van der Waals surface area contributed by atoms with Gasteiger partial charge >= 0.3 is 17.9 Å². The van der Waals surface area contributed by atoms with Crippen molar-refractivity contribution in [3.05, 3.63) is 146 Å². The van der Waals surface area contributed by atoms with Crippen molar-refractivity contribution in [2.24, 2.45) is 0 Å². The molecular formula is C53H78O6. The minimum atomic E-state index is -0.840. The molecule has 0 aromatic heterocycles. The highest BCUT2D eigenvalue weighted by atomic mass is 16.6. The van der Waals surface area contributed by atoms with Crippen molar-refractivity contribution in [1.29, 1.82) is 0 Å². The SMILES string of the molecule is CC\C=C/C=C\C=C/C=C\C=C/CCCCCC(=O)OC(COC(=O)CCC/C=C\C/C=C\C/C=C\C/C=C\C/C=C\CC)COC(=O)CCCC/C=C\C/C=C\CC. The van der Waals surface area contributed by atoms with E-state index in [0.717, 1.165) is 89.9 Å². The standard InChI is InChI=1S/C53H78O6/c1-4-7-10-13-16-19-21-23-25-26-28-29-31-34-37-40-43-46-52(55)58-49-50(48-57-51(54)45-42-39-36-33-18-15-12-9-6-3)59-53(56)47-44-41-38-35-32-30-27-24-22-20-17-14-11-8-5-2/h7-12,14,16-20,22-25,27-30,32-34,37,50H,4-6,13,15,21,26,31,35-36,38-49H2,1-3H3/b10-7-,11-8-,12-9-,17-14-,19-16-,22-20-,25-23-,27-24-,29-28-,32-30-,33-18-,37-34-. The maximum atomic E-state index is 12.7. The van der Waals surface area contributed by atoms with Gasteiger partial charge < -0.3 is 14.2 Å². The van der Waals surface area contributed by atoms with Crippen LogP contribution < -0.4 is 0 Å². The molecule has 1 atom stereocenters. The van der Waals surface area contributed by atoms with Crippen molar-refractivity contribution in [2.45, 2.75) is 155 Å². The summed E-state index contributed by atoms with van der Waals surface area (Å²) in [6.07, 6.45) is 65.6. The first-order valence-electron chi connectivity index (χ1n) is 22.4. The summed E-state index contributed by atoms with van der Waals surface area (Å²) in [5.41, 5.74) is 0. The molecule has 6 nitrogen and oxygen atoms in total. The highest BCUT2D eigenvalue weighted by molar-refractivity contribution is 5.71. The lowest BCUT2D eigenvalue weighted by Gasteiger charge is -2.18. The van der Waals surface area contributed by atoms with Gasteiger partial charge in [0, 0.05) is 19.3 Å². The van der Waals surface area contributed by atoms with Gasteiger partial charge in [-0.1, -0.05) is 173 Å². The molecule has 59 heavy (non-hydrogen) atoms. The van der Waals surface area contributed by atoms with Crippen LogP contribution in [0.3, 0.4) is 0 Å². The molecule has 0 fully saturated rings. The van der Waals surface area contributed by atoms with Gasteiger partial charge in [0.1, 0.15) is 13.2 Å². The summed E-state index contributed by atoms with van der Waals surface area (Å²) in [5.74, 6) is -1.09. The number of allylic oxidation sites excluding steroid dienone is 24. The number of carbonyl (C=O) groups is 3. The van der Waals surface area contributed by atoms with Crippen LogP contribution in [-0.2, 0) is 28.6 Å². The molecule has 326 valence electrons. The third-order valence-electron chi connectivity index (χ3n) is 8.45. The molecule has 0 aliphatic heterocycles. The van der Waals surface area contributed by atoms with Crippen LogP contribution >= 0.6 is 0 Å². The first-order valence-corrected chi connectivity index (χ1v) is 22.4. The van der Waals surface area contributed by atoms with Crippen LogP contribution in [0.2, 0.25) is 0 Å². The second-order valence-electron chi connectivity index (χ2n) is 13.9. The van der Waals surface area contributed by atoms with Crippen molar-refractivity contribution in [3.8, 4) is 0 Å². The molecule has 6 heteroatoms. The Labute approximate surface area is 359 Å². The molecule has 0 radical (unpaired) electrons. The predicted octanol–water partition coefficient (Wildman–Crippen LogP) is 14.5. The van der Waals surface area contributed by atoms with Gasteiger partial charge in [0.2, 0.25) is 0 Å². The van der Waals surface area contributed by atoms with Crippen molar-refractivity contribution < 1.29 is 28.6 Å². The number of rotatable bonds is 37. The molecule has 0 heterocycles. The van der Waals surface area contributed by atoms with E-state index in [1.54, 1.807) is 0 Å². The number of esters is 3. The van der Waals surface area contributed by atoms with E-state index in [-0.39, 0.29) is 50.4 Å². The summed E-state index contributed by atoms with van der Waals surface area (Å²) in [7, 11) is 0. The number of hydrogen-bond acceptors (Lipinski definition) is 6. The zero-order valence-corrected chi connectivity index (χ0v) is 36.9. The van der Waals surface area contributed by atoms with Crippen LogP contribution in [0, 0.1) is 0 Å². The average Bonchev–Trinajstić information content (AvgIpc) is 3.23. The van der Waals surface area contributed by atoms with Crippen LogP contribution in [-0.4, -0.2) is 37.2 Å². The number of hydrogen-bond donors (Lipinski definition) is 0. The van der Waals surface area contributed by atoms with E-state index in [0.29, 0.717) is 19.3 Å². The Kier molecular flexibility index (Phi) is 42.3. The summed E-state index contributed by atoms with van der Waals surface area (Å²) in [6, 6.07) is 0. The summed E-state index contributed by atoms with van der Waals surface area (Å²) < 4.78 is 16.6. The van der Waals surface area contributed by atoms with Crippen LogP contribution in [0.15, 0.2) is 146 Å². The Bertz CT molecular complexity index is 1390. The molecule has 1 unspecified atom stereocenters. The lowest BCUT2D eigenvalue weighted by molar-refractivity contribution is -0.167. The fourth-order valence-corrected chi connectivity index (χ4v) is 5.18. The summed E-state index contributed by atoms with van der Waals surface area (Å²) in [5, 5.41) is 0. The van der Waals surface area contributed by atoms with E-state index in [1.165, 1.54) is 0 Å². The second-order valence-corrected chi connectivity index (χ2v) is 13.9. The normalized spacial score (nSPS) is 13.5. The Morgan fingerprint density at radius 1 is 0.356 bits per heavy atom. The minimum absolute atomic E-state index is 0.138. The van der Waals surface area contributed by atoms with Crippen molar-refractivity contribution >= 4 is 17.9 Å². The number of ether oxygens (including phenoxy) is 3. The van der Waals surface area contributed by atoms with Crippen molar-refractivity contribution in [2.75, 3.05) is 13.2 Å². The van der Waals surface area contributed by atoms with Crippen LogP contribution in [0.5, 0.6) is 0 Å². The molecular weight excluding hydrogens is 733 g/mol. The number of carbonyl (C=O) groups excluding carboxylic acids is 3. The van der Waals surface area contributed by atoms with Gasteiger partial charge in [-0.2, -0.15) is 0 Å². The van der Waals surface area contributed by atoms with Gasteiger partial charge in [0.25, 0.3) is 0 Å². The maximum absolute atomic E-state index is 12.7. The molecule has 0 saturated carbocycles. The maximum Gasteiger partial charge on any atom is 0.306 e. The lowest BCUT2D eigenvalue weighted by atomic mass is 10.1. The highest BCUT2D eigenvalue weighted by Gasteiger charge is 2.19. The van der Waals surface area contributed by atoms with Crippen molar-refractivity contribution in [1.82, 2.24) is 0 Å². The Morgan fingerprint density at radius 2 is 0.712 bits per heavy atom. The third-order valence-corrected chi connectivity index (χ3v) is 8.45. The van der Waals surface area contributed by atoms with Gasteiger partial charge in [-0.3, -0.25) is 14.4 Å². The van der Waals surface area contributed by atoms with Crippen LogP contribution in [0.1, 0.15) is 149 Å². The molecule has 0 aliphatic carbocycles. The predicted molar refractivity (Wildman–Crippen MR) is 251 cm³/mol. The monoisotopic (exact) mass is 811 g/mol. The lowest BCUT2D eigenvalue weighted by Crippen LogP contribution is -2.30. The average molecular weight is 811 g/mol. The third kappa shape index (κ3) is 44.2. The Morgan fingerprint density at radius 3 is 1.22 bits per heavy atom. The molecule has 0 aliphatic rings. The molecule has 0 aromatic carbocycles. The van der Waals surface area contributed by atoms with Gasteiger partial charge in [-0.15, -0.1) is 0 Å². The fourth-order valence-electron chi connectivity index (χ4n) is 5.18. The van der Waals surface area contributed by atoms with Gasteiger partial charge in [0.15, 0.2) is 6.10 Å². The molecule has 0 aromatic rings. The number of unbranched alkanes of at least 4 members (excludes halogenated alkanes) is 6. The Hall–Kier alpha value is -4.71. The summed E-state index contributed by atoms with van der Waals surface area (Å²) in [6.45, 7) is 6.09. The Balaban J connectivity index is 4.61. The zero-order chi connectivity index (χ0) is 43.0. The quantitative estimate of drug-likeness (QED) is 0.0204. The van der Waals surface area contributed by atoms with Crippen molar-refractivity contribution in [3.63, 3.8) is 0 Å². The summed E-state index contributed by atoms with van der Waals surface area (Å²) >= 11 is 0.